The Morgan fingerprint density at radius 3 is 2.29 bits per heavy atom. The summed E-state index contributed by atoms with van der Waals surface area (Å²) in [6, 6.07) is 6.15. The van der Waals surface area contributed by atoms with E-state index < -0.39 is 6.10 Å². The Kier molecular flexibility index (Phi) is 4.11. The van der Waals surface area contributed by atoms with Gasteiger partial charge in [0.15, 0.2) is 0 Å². The van der Waals surface area contributed by atoms with Crippen molar-refractivity contribution >= 4 is 0 Å². The number of rotatable bonds is 4. The minimum absolute atomic E-state index is 0.409. The summed E-state index contributed by atoms with van der Waals surface area (Å²) in [5, 5.41) is 9.82. The lowest BCUT2D eigenvalue weighted by Crippen LogP contribution is -2.02. The normalized spacial score (nSPS) is 12.9. The van der Waals surface area contributed by atoms with Crippen LogP contribution >= 0.6 is 0 Å². The lowest BCUT2D eigenvalue weighted by molar-refractivity contribution is 0.110. The molecule has 0 saturated heterocycles. The third kappa shape index (κ3) is 3.13. The fourth-order valence-corrected chi connectivity index (χ4v) is 1.60. The molecule has 2 nitrogen and oxygen atoms in total. The van der Waals surface area contributed by atoms with Gasteiger partial charge in [-0.05, 0) is 19.4 Å². The van der Waals surface area contributed by atoms with Crippen LogP contribution in [0.5, 0.6) is 0 Å². The fraction of sp³-hybridized carbons (Fsp3) is 0.500. The Balaban J connectivity index is 2.73. The zero-order valence-electron chi connectivity index (χ0n) is 9.08. The van der Waals surface area contributed by atoms with Crippen molar-refractivity contribution in [2.75, 3.05) is 13.7 Å². The standard InChI is InChI=1S/C12H18O2/c1-9-6-10(2)8-11(7-9)12(13)4-5-14-3/h6-8,12-13H,4-5H2,1-3H3. The molecule has 0 aromatic heterocycles. The number of benzene rings is 1. The van der Waals surface area contributed by atoms with Crippen LogP contribution < -0.4 is 0 Å². The van der Waals surface area contributed by atoms with Crippen molar-refractivity contribution in [3.63, 3.8) is 0 Å². The molecule has 0 heterocycles. The van der Waals surface area contributed by atoms with Gasteiger partial charge < -0.3 is 9.84 Å². The lowest BCUT2D eigenvalue weighted by atomic mass is 10.0. The Morgan fingerprint density at radius 1 is 1.21 bits per heavy atom. The molecule has 1 aromatic carbocycles. The highest BCUT2D eigenvalue weighted by Gasteiger charge is 2.07. The Bertz CT molecular complexity index is 274. The zero-order valence-corrected chi connectivity index (χ0v) is 9.08. The summed E-state index contributed by atoms with van der Waals surface area (Å²) in [5.74, 6) is 0. The monoisotopic (exact) mass is 194 g/mol. The van der Waals surface area contributed by atoms with E-state index in [9.17, 15) is 5.11 Å². The molecule has 0 saturated carbocycles. The lowest BCUT2D eigenvalue weighted by Gasteiger charge is -2.12. The van der Waals surface area contributed by atoms with E-state index in [0.717, 1.165) is 5.56 Å². The van der Waals surface area contributed by atoms with Gasteiger partial charge >= 0.3 is 0 Å². The van der Waals surface area contributed by atoms with Crippen LogP contribution in [0, 0.1) is 13.8 Å². The van der Waals surface area contributed by atoms with Gasteiger partial charge in [-0.3, -0.25) is 0 Å². The van der Waals surface area contributed by atoms with Crippen LogP contribution in [0.4, 0.5) is 0 Å². The molecular weight excluding hydrogens is 176 g/mol. The highest BCUT2D eigenvalue weighted by atomic mass is 16.5. The molecule has 0 radical (unpaired) electrons. The first-order valence-electron chi connectivity index (χ1n) is 4.88. The summed E-state index contributed by atoms with van der Waals surface area (Å²) < 4.78 is 4.93. The summed E-state index contributed by atoms with van der Waals surface area (Å²) in [5.41, 5.74) is 3.37. The van der Waals surface area contributed by atoms with Crippen LogP contribution in [0.3, 0.4) is 0 Å². The molecule has 1 N–H and O–H groups in total. The maximum absolute atomic E-state index is 9.82. The van der Waals surface area contributed by atoms with Crippen molar-refractivity contribution in [1.82, 2.24) is 0 Å². The minimum atomic E-state index is -0.409. The fourth-order valence-electron chi connectivity index (χ4n) is 1.60. The molecule has 78 valence electrons. The molecule has 1 aromatic rings. The first-order valence-corrected chi connectivity index (χ1v) is 4.88. The molecule has 0 amide bonds. The van der Waals surface area contributed by atoms with Gasteiger partial charge in [0, 0.05) is 20.1 Å². The van der Waals surface area contributed by atoms with E-state index >= 15 is 0 Å². The Morgan fingerprint density at radius 2 is 1.79 bits per heavy atom. The molecule has 0 aliphatic rings. The predicted molar refractivity (Wildman–Crippen MR) is 57.4 cm³/mol. The molecule has 2 heteroatoms. The van der Waals surface area contributed by atoms with Crippen molar-refractivity contribution in [2.24, 2.45) is 0 Å². The van der Waals surface area contributed by atoms with Crippen LogP contribution in [-0.4, -0.2) is 18.8 Å². The molecule has 0 spiro atoms. The average Bonchev–Trinajstić information content (AvgIpc) is 2.12. The van der Waals surface area contributed by atoms with Crippen LogP contribution in [0.15, 0.2) is 18.2 Å². The van der Waals surface area contributed by atoms with Crippen LogP contribution in [0.25, 0.3) is 0 Å². The van der Waals surface area contributed by atoms with Crippen molar-refractivity contribution in [1.29, 1.82) is 0 Å². The van der Waals surface area contributed by atoms with Gasteiger partial charge in [0.05, 0.1) is 6.10 Å². The smallest absolute Gasteiger partial charge is 0.0812 e. The number of aliphatic hydroxyl groups excluding tert-OH is 1. The van der Waals surface area contributed by atoms with Gasteiger partial charge in [0.1, 0.15) is 0 Å². The number of aliphatic hydroxyl groups is 1. The number of hydrogen-bond acceptors (Lipinski definition) is 2. The van der Waals surface area contributed by atoms with Gasteiger partial charge in [-0.2, -0.15) is 0 Å². The van der Waals surface area contributed by atoms with Crippen molar-refractivity contribution in [2.45, 2.75) is 26.4 Å². The summed E-state index contributed by atoms with van der Waals surface area (Å²) >= 11 is 0. The summed E-state index contributed by atoms with van der Waals surface area (Å²) in [7, 11) is 1.65. The molecular formula is C12H18O2. The van der Waals surface area contributed by atoms with E-state index in [4.69, 9.17) is 4.74 Å². The van der Waals surface area contributed by atoms with Crippen molar-refractivity contribution < 1.29 is 9.84 Å². The number of hydrogen-bond donors (Lipinski definition) is 1. The average molecular weight is 194 g/mol. The van der Waals surface area contributed by atoms with Crippen LogP contribution in [-0.2, 0) is 4.74 Å². The van der Waals surface area contributed by atoms with E-state index in [1.807, 2.05) is 26.0 Å². The van der Waals surface area contributed by atoms with Gasteiger partial charge in [0.2, 0.25) is 0 Å². The number of aryl methyl sites for hydroxylation is 2. The molecule has 0 aliphatic carbocycles. The molecule has 1 unspecified atom stereocenters. The van der Waals surface area contributed by atoms with Crippen molar-refractivity contribution in [3.8, 4) is 0 Å². The number of ether oxygens (including phenoxy) is 1. The summed E-state index contributed by atoms with van der Waals surface area (Å²) in [4.78, 5) is 0. The Hall–Kier alpha value is -0.860. The quantitative estimate of drug-likeness (QED) is 0.797. The predicted octanol–water partition coefficient (Wildman–Crippen LogP) is 2.37. The second kappa shape index (κ2) is 5.13. The molecule has 0 fully saturated rings. The van der Waals surface area contributed by atoms with E-state index in [0.29, 0.717) is 13.0 Å². The van der Waals surface area contributed by atoms with E-state index in [1.165, 1.54) is 11.1 Å². The molecule has 0 bridgehead atoms. The molecule has 1 rings (SSSR count). The zero-order chi connectivity index (χ0) is 10.6. The maximum Gasteiger partial charge on any atom is 0.0812 e. The largest absolute Gasteiger partial charge is 0.388 e. The van der Waals surface area contributed by atoms with Crippen LogP contribution in [0.1, 0.15) is 29.2 Å². The second-order valence-electron chi connectivity index (χ2n) is 3.72. The topological polar surface area (TPSA) is 29.5 Å². The van der Waals surface area contributed by atoms with Gasteiger partial charge in [-0.25, -0.2) is 0 Å². The summed E-state index contributed by atoms with van der Waals surface area (Å²) in [6.45, 7) is 4.67. The third-order valence-corrected chi connectivity index (χ3v) is 2.22. The van der Waals surface area contributed by atoms with Crippen LogP contribution in [0.2, 0.25) is 0 Å². The van der Waals surface area contributed by atoms with Crippen molar-refractivity contribution in [3.05, 3.63) is 34.9 Å². The SMILES string of the molecule is COCCC(O)c1cc(C)cc(C)c1. The third-order valence-electron chi connectivity index (χ3n) is 2.22. The minimum Gasteiger partial charge on any atom is -0.388 e. The van der Waals surface area contributed by atoms with Gasteiger partial charge in [-0.1, -0.05) is 29.3 Å². The first kappa shape index (κ1) is 11.2. The highest BCUT2D eigenvalue weighted by Crippen LogP contribution is 2.19. The Labute approximate surface area is 85.5 Å². The maximum atomic E-state index is 9.82. The van der Waals surface area contributed by atoms with Gasteiger partial charge in [0.25, 0.3) is 0 Å². The first-order chi connectivity index (χ1) is 6.63. The van der Waals surface area contributed by atoms with E-state index in [-0.39, 0.29) is 0 Å². The van der Waals surface area contributed by atoms with Gasteiger partial charge in [-0.15, -0.1) is 0 Å². The summed E-state index contributed by atoms with van der Waals surface area (Å²) in [6.07, 6.45) is 0.243. The van der Waals surface area contributed by atoms with E-state index in [2.05, 4.69) is 6.07 Å². The number of methoxy groups -OCH3 is 1. The highest BCUT2D eigenvalue weighted by molar-refractivity contribution is 5.29. The van der Waals surface area contributed by atoms with E-state index in [1.54, 1.807) is 7.11 Å². The molecule has 1 atom stereocenters. The molecule has 0 aliphatic heterocycles. The second-order valence-corrected chi connectivity index (χ2v) is 3.72. The molecule has 14 heavy (non-hydrogen) atoms.